The van der Waals surface area contributed by atoms with Crippen LogP contribution in [-0.2, 0) is 36.8 Å². The lowest BCUT2D eigenvalue weighted by molar-refractivity contribution is -0.143. The minimum Gasteiger partial charge on any atom is -0.445 e. The Morgan fingerprint density at radius 3 is 2.25 bits per heavy atom. The zero-order valence-electron chi connectivity index (χ0n) is 21.6. The Morgan fingerprint density at radius 2 is 1.60 bits per heavy atom. The van der Waals surface area contributed by atoms with Crippen LogP contribution in [0.25, 0.3) is 0 Å². The van der Waals surface area contributed by atoms with E-state index in [0.29, 0.717) is 43.9 Å². The smallest absolute Gasteiger partial charge is 0.416 e. The predicted molar refractivity (Wildman–Crippen MR) is 129 cm³/mol. The summed E-state index contributed by atoms with van der Waals surface area (Å²) in [6, 6.07) is 2.73. The molecule has 2 fully saturated rings. The second-order valence-electron chi connectivity index (χ2n) is 10.6. The normalized spacial score (nSPS) is 19.4. The number of carbonyl (C=O) groups excluding carboxylic acids is 2. The largest absolute Gasteiger partial charge is 0.445 e. The maximum absolute atomic E-state index is 13.5. The van der Waals surface area contributed by atoms with E-state index in [1.54, 1.807) is 10.7 Å². The highest BCUT2D eigenvalue weighted by molar-refractivity contribution is 5.93. The molecular formula is C26H29F6N5O3. The van der Waals surface area contributed by atoms with Crippen molar-refractivity contribution in [2.75, 3.05) is 26.2 Å². The van der Waals surface area contributed by atoms with Crippen LogP contribution in [-0.4, -0.2) is 63.3 Å². The molecule has 2 amide bonds. The van der Waals surface area contributed by atoms with Gasteiger partial charge in [0.1, 0.15) is 6.61 Å². The molecule has 14 heteroatoms. The van der Waals surface area contributed by atoms with Crippen LogP contribution in [0, 0.1) is 0 Å². The third-order valence-corrected chi connectivity index (χ3v) is 7.82. The van der Waals surface area contributed by atoms with Crippen LogP contribution in [0.2, 0.25) is 0 Å². The summed E-state index contributed by atoms with van der Waals surface area (Å²) in [6.45, 7) is 1.94. The van der Waals surface area contributed by atoms with Gasteiger partial charge in [-0.05, 0) is 49.1 Å². The third-order valence-electron chi connectivity index (χ3n) is 7.82. The number of amides is 2. The molecule has 0 bridgehead atoms. The molecule has 3 heterocycles. The van der Waals surface area contributed by atoms with Gasteiger partial charge in [0.15, 0.2) is 5.69 Å². The lowest BCUT2D eigenvalue weighted by Crippen LogP contribution is -2.61. The molecule has 2 aromatic rings. The second-order valence-corrected chi connectivity index (χ2v) is 10.6. The summed E-state index contributed by atoms with van der Waals surface area (Å²) in [5.74, 6) is -0.164. The highest BCUT2D eigenvalue weighted by atomic mass is 19.4. The lowest BCUT2D eigenvalue weighted by Gasteiger charge is -2.45. The fraction of sp³-hybridized carbons (Fsp3) is 0.577. The number of ether oxygens (including phenoxy) is 1. The van der Waals surface area contributed by atoms with Crippen molar-refractivity contribution in [3.8, 4) is 0 Å². The maximum Gasteiger partial charge on any atom is 0.416 e. The SMILES string of the molecule is O=C(OCc1cc(C(F)(F)F)cc(C(F)(F)F)c1)N1CCCn2nc(C(=O)N3CCNCC34CCCC4)cc2C1. The Morgan fingerprint density at radius 1 is 0.925 bits per heavy atom. The fourth-order valence-corrected chi connectivity index (χ4v) is 5.84. The number of aromatic nitrogens is 2. The molecule has 1 spiro atoms. The number of nitrogens with one attached hydrogen (secondary N) is 1. The summed E-state index contributed by atoms with van der Waals surface area (Å²) >= 11 is 0. The van der Waals surface area contributed by atoms with Gasteiger partial charge in [0, 0.05) is 32.7 Å². The topological polar surface area (TPSA) is 79.7 Å². The molecule has 0 atom stereocenters. The molecule has 1 aliphatic carbocycles. The molecule has 0 radical (unpaired) electrons. The molecule has 1 aromatic heterocycles. The van der Waals surface area contributed by atoms with E-state index in [0.717, 1.165) is 32.2 Å². The van der Waals surface area contributed by atoms with E-state index >= 15 is 0 Å². The summed E-state index contributed by atoms with van der Waals surface area (Å²) in [5, 5.41) is 7.89. The van der Waals surface area contributed by atoms with Crippen LogP contribution < -0.4 is 5.32 Å². The second kappa shape index (κ2) is 10.6. The first-order chi connectivity index (χ1) is 18.9. The van der Waals surface area contributed by atoms with Gasteiger partial charge in [0.25, 0.3) is 5.91 Å². The van der Waals surface area contributed by atoms with Crippen LogP contribution in [0.15, 0.2) is 24.3 Å². The van der Waals surface area contributed by atoms with Crippen LogP contribution >= 0.6 is 0 Å². The van der Waals surface area contributed by atoms with Gasteiger partial charge in [-0.2, -0.15) is 31.4 Å². The number of hydrogen-bond donors (Lipinski definition) is 1. The highest BCUT2D eigenvalue weighted by Gasteiger charge is 2.44. The van der Waals surface area contributed by atoms with E-state index in [1.165, 1.54) is 4.90 Å². The van der Waals surface area contributed by atoms with Crippen LogP contribution in [0.4, 0.5) is 31.1 Å². The van der Waals surface area contributed by atoms with E-state index in [2.05, 4.69) is 10.4 Å². The van der Waals surface area contributed by atoms with Crippen LogP contribution in [0.5, 0.6) is 0 Å². The van der Waals surface area contributed by atoms with Crippen molar-refractivity contribution >= 4 is 12.0 Å². The quantitative estimate of drug-likeness (QED) is 0.533. The average molecular weight is 574 g/mol. The summed E-state index contributed by atoms with van der Waals surface area (Å²) in [7, 11) is 0. The van der Waals surface area contributed by atoms with Gasteiger partial charge >= 0.3 is 18.4 Å². The minimum absolute atomic E-state index is 0.0229. The van der Waals surface area contributed by atoms with Gasteiger partial charge in [-0.25, -0.2) is 4.79 Å². The van der Waals surface area contributed by atoms with Crippen molar-refractivity contribution in [2.45, 2.75) is 69.7 Å². The Labute approximate surface area is 226 Å². The number of benzene rings is 1. The van der Waals surface area contributed by atoms with Crippen molar-refractivity contribution in [1.82, 2.24) is 24.9 Å². The van der Waals surface area contributed by atoms with E-state index in [4.69, 9.17) is 4.74 Å². The van der Waals surface area contributed by atoms with E-state index in [1.807, 2.05) is 4.90 Å². The predicted octanol–water partition coefficient (Wildman–Crippen LogP) is 4.82. The standard InChI is InChI=1S/C26H29F6N5O3/c27-25(28,29)18-10-17(11-19(12-18)26(30,31)32)15-40-23(39)35-7-3-8-37-20(14-35)13-21(34-37)22(38)36-9-6-33-16-24(36)4-1-2-5-24/h10-13,33H,1-9,14-16H2. The van der Waals surface area contributed by atoms with E-state index in [9.17, 15) is 35.9 Å². The number of nitrogens with zero attached hydrogens (tertiary/aromatic N) is 4. The average Bonchev–Trinajstić information content (AvgIpc) is 3.48. The Hall–Kier alpha value is -3.29. The highest BCUT2D eigenvalue weighted by Crippen LogP contribution is 2.38. The molecule has 2 aliphatic heterocycles. The van der Waals surface area contributed by atoms with Gasteiger partial charge in [0.05, 0.1) is 28.9 Å². The number of alkyl halides is 6. The molecule has 1 aromatic carbocycles. The first kappa shape index (κ1) is 28.2. The number of fused-ring (bicyclic) bond motifs is 1. The molecule has 0 unspecified atom stereocenters. The maximum atomic E-state index is 13.5. The third kappa shape index (κ3) is 5.77. The monoisotopic (exact) mass is 573 g/mol. The van der Waals surface area contributed by atoms with Crippen molar-refractivity contribution in [3.05, 3.63) is 52.3 Å². The summed E-state index contributed by atoms with van der Waals surface area (Å²) in [5.41, 5.74) is -2.74. The number of carbonyl (C=O) groups is 2. The molecule has 40 heavy (non-hydrogen) atoms. The van der Waals surface area contributed by atoms with Crippen molar-refractivity contribution in [1.29, 1.82) is 0 Å². The summed E-state index contributed by atoms with van der Waals surface area (Å²) in [4.78, 5) is 29.5. The van der Waals surface area contributed by atoms with E-state index in [-0.39, 0.29) is 36.3 Å². The molecule has 3 aliphatic rings. The van der Waals surface area contributed by atoms with Crippen LogP contribution in [0.3, 0.4) is 0 Å². The van der Waals surface area contributed by atoms with Gasteiger partial charge in [-0.1, -0.05) is 12.8 Å². The number of rotatable bonds is 3. The molecule has 8 nitrogen and oxygen atoms in total. The number of piperazine rings is 1. The number of halogens is 6. The van der Waals surface area contributed by atoms with Gasteiger partial charge in [-0.3, -0.25) is 9.48 Å². The summed E-state index contributed by atoms with van der Waals surface area (Å²) < 4.78 is 85.7. The molecule has 1 saturated carbocycles. The van der Waals surface area contributed by atoms with Gasteiger partial charge in [-0.15, -0.1) is 0 Å². The number of hydrogen-bond acceptors (Lipinski definition) is 5. The van der Waals surface area contributed by atoms with Gasteiger partial charge in [0.2, 0.25) is 0 Å². The zero-order chi connectivity index (χ0) is 28.7. The molecule has 1 N–H and O–H groups in total. The minimum atomic E-state index is -5.00. The van der Waals surface area contributed by atoms with Crippen molar-refractivity contribution < 1.29 is 40.7 Å². The first-order valence-corrected chi connectivity index (χ1v) is 13.2. The Kier molecular flexibility index (Phi) is 7.48. The van der Waals surface area contributed by atoms with E-state index < -0.39 is 41.7 Å². The molecular weight excluding hydrogens is 544 g/mol. The molecule has 5 rings (SSSR count). The molecule has 218 valence electrons. The summed E-state index contributed by atoms with van der Waals surface area (Å²) in [6.07, 6.45) is -6.46. The zero-order valence-corrected chi connectivity index (χ0v) is 21.6. The Bertz CT molecular complexity index is 1240. The fourth-order valence-electron chi connectivity index (χ4n) is 5.84. The molecule has 1 saturated heterocycles. The first-order valence-electron chi connectivity index (χ1n) is 13.2. The lowest BCUT2D eigenvalue weighted by atomic mass is 9.92. The van der Waals surface area contributed by atoms with Gasteiger partial charge < -0.3 is 19.9 Å². The van der Waals surface area contributed by atoms with Crippen molar-refractivity contribution in [3.63, 3.8) is 0 Å². The van der Waals surface area contributed by atoms with Crippen molar-refractivity contribution in [2.24, 2.45) is 0 Å². The Balaban J connectivity index is 1.28. The number of aryl methyl sites for hydroxylation is 1. The van der Waals surface area contributed by atoms with Crippen LogP contribution in [0.1, 0.15) is 65.0 Å².